The number of hydrogen-bond acceptors (Lipinski definition) is 4. The van der Waals surface area contributed by atoms with Gasteiger partial charge in [0.05, 0.1) is 26.2 Å². The molecule has 1 aromatic rings. The van der Waals surface area contributed by atoms with Crippen LogP contribution in [0.3, 0.4) is 0 Å². The van der Waals surface area contributed by atoms with E-state index in [1.165, 1.54) is 14.2 Å². The number of hydrogen-bond donors (Lipinski definition) is 0. The Hall–Kier alpha value is -1.55. The Morgan fingerprint density at radius 3 is 2.53 bits per heavy atom. The summed E-state index contributed by atoms with van der Waals surface area (Å²) in [6.45, 7) is 0. The lowest BCUT2D eigenvalue weighted by Crippen LogP contribution is -2.20. The third kappa shape index (κ3) is 3.46. The second-order valence-corrected chi connectivity index (χ2v) is 3.84. The summed E-state index contributed by atoms with van der Waals surface area (Å²) >= 11 is 5.86. The van der Waals surface area contributed by atoms with Crippen LogP contribution in [0.1, 0.15) is 16.8 Å². The first-order valence-corrected chi connectivity index (χ1v) is 5.42. The molecular formula is C12H13ClO4. The fourth-order valence-corrected chi connectivity index (χ4v) is 1.58. The first kappa shape index (κ1) is 13.5. The third-order valence-corrected chi connectivity index (χ3v) is 2.58. The molecule has 0 fully saturated rings. The Bertz CT molecular complexity index is 417. The Kier molecular flexibility index (Phi) is 4.97. The maximum atomic E-state index is 12.0. The summed E-state index contributed by atoms with van der Waals surface area (Å²) in [5.41, 5.74) is 0.360. The molecule has 92 valence electrons. The van der Waals surface area contributed by atoms with Gasteiger partial charge in [-0.3, -0.25) is 9.59 Å². The van der Waals surface area contributed by atoms with Crippen LogP contribution in [0.2, 0.25) is 0 Å². The normalized spacial score (nSPS) is 11.7. The molecule has 4 nitrogen and oxygen atoms in total. The minimum Gasteiger partial charge on any atom is -0.496 e. The highest BCUT2D eigenvalue weighted by molar-refractivity contribution is 6.35. The van der Waals surface area contributed by atoms with E-state index in [9.17, 15) is 9.59 Å². The van der Waals surface area contributed by atoms with Crippen LogP contribution in [0.25, 0.3) is 0 Å². The smallest absolute Gasteiger partial charge is 0.307 e. The minimum atomic E-state index is -0.946. The van der Waals surface area contributed by atoms with Gasteiger partial charge in [-0.2, -0.15) is 0 Å². The standard InChI is InChI=1S/C12H13ClO4/c1-16-10-6-4-3-5-8(10)12(15)9(13)7-11(14)17-2/h3-6,9H,7H2,1-2H3. The van der Waals surface area contributed by atoms with E-state index in [0.717, 1.165) is 0 Å². The van der Waals surface area contributed by atoms with Crippen LogP contribution in [-0.2, 0) is 9.53 Å². The van der Waals surface area contributed by atoms with Crippen LogP contribution >= 0.6 is 11.6 Å². The van der Waals surface area contributed by atoms with Crippen molar-refractivity contribution in [2.75, 3.05) is 14.2 Å². The van der Waals surface area contributed by atoms with Crippen molar-refractivity contribution in [1.29, 1.82) is 0 Å². The Morgan fingerprint density at radius 2 is 1.94 bits per heavy atom. The zero-order valence-electron chi connectivity index (χ0n) is 9.60. The van der Waals surface area contributed by atoms with E-state index in [1.807, 2.05) is 0 Å². The number of Topliss-reactive ketones (excluding diaryl/α,β-unsaturated/α-hetero) is 1. The Labute approximate surface area is 104 Å². The zero-order chi connectivity index (χ0) is 12.8. The number of carbonyl (C=O) groups excluding carboxylic acids is 2. The van der Waals surface area contributed by atoms with E-state index in [0.29, 0.717) is 11.3 Å². The lowest BCUT2D eigenvalue weighted by molar-refractivity contribution is -0.140. The number of alkyl halides is 1. The average Bonchev–Trinajstić information content (AvgIpc) is 2.37. The quantitative estimate of drug-likeness (QED) is 0.460. The van der Waals surface area contributed by atoms with E-state index in [2.05, 4.69) is 4.74 Å². The van der Waals surface area contributed by atoms with Crippen molar-refractivity contribution < 1.29 is 19.1 Å². The van der Waals surface area contributed by atoms with Crippen molar-refractivity contribution in [2.45, 2.75) is 11.8 Å². The second-order valence-electron chi connectivity index (χ2n) is 3.31. The van der Waals surface area contributed by atoms with Crippen LogP contribution in [-0.4, -0.2) is 31.3 Å². The van der Waals surface area contributed by atoms with Crippen molar-refractivity contribution >= 4 is 23.4 Å². The molecule has 1 aromatic carbocycles. The van der Waals surface area contributed by atoms with Gasteiger partial charge in [0.1, 0.15) is 11.1 Å². The van der Waals surface area contributed by atoms with Gasteiger partial charge in [0.2, 0.25) is 0 Å². The molecule has 1 rings (SSSR count). The molecule has 0 bridgehead atoms. The Balaban J connectivity index is 2.85. The molecule has 5 heteroatoms. The number of carbonyl (C=O) groups is 2. The molecule has 0 aliphatic heterocycles. The fraction of sp³-hybridized carbons (Fsp3) is 0.333. The van der Waals surface area contributed by atoms with Crippen molar-refractivity contribution in [3.05, 3.63) is 29.8 Å². The molecule has 1 unspecified atom stereocenters. The first-order chi connectivity index (χ1) is 8.10. The SMILES string of the molecule is COC(=O)CC(Cl)C(=O)c1ccccc1OC. The summed E-state index contributed by atoms with van der Waals surface area (Å²) in [6.07, 6.45) is -0.158. The summed E-state index contributed by atoms with van der Waals surface area (Å²) in [5.74, 6) is -0.434. The summed E-state index contributed by atoms with van der Waals surface area (Å²) in [6, 6.07) is 6.72. The van der Waals surface area contributed by atoms with E-state index < -0.39 is 11.3 Å². The van der Waals surface area contributed by atoms with Gasteiger partial charge in [-0.15, -0.1) is 11.6 Å². The lowest BCUT2D eigenvalue weighted by Gasteiger charge is -2.10. The summed E-state index contributed by atoms with van der Waals surface area (Å²) < 4.78 is 9.51. The van der Waals surface area contributed by atoms with Gasteiger partial charge in [0.15, 0.2) is 5.78 Å². The number of rotatable bonds is 5. The van der Waals surface area contributed by atoms with E-state index >= 15 is 0 Å². The van der Waals surface area contributed by atoms with Gasteiger partial charge in [0.25, 0.3) is 0 Å². The molecule has 0 aliphatic rings. The average molecular weight is 257 g/mol. The number of halogens is 1. The van der Waals surface area contributed by atoms with E-state index in [-0.39, 0.29) is 12.2 Å². The van der Waals surface area contributed by atoms with E-state index in [1.54, 1.807) is 24.3 Å². The van der Waals surface area contributed by atoms with Gasteiger partial charge in [0, 0.05) is 0 Å². The summed E-state index contributed by atoms with van der Waals surface area (Å²) in [4.78, 5) is 23.0. The molecule has 0 heterocycles. The van der Waals surface area contributed by atoms with Crippen LogP contribution in [0.4, 0.5) is 0 Å². The number of benzene rings is 1. The van der Waals surface area contributed by atoms with Crippen molar-refractivity contribution in [3.63, 3.8) is 0 Å². The van der Waals surface area contributed by atoms with E-state index in [4.69, 9.17) is 16.3 Å². The van der Waals surface area contributed by atoms with Crippen molar-refractivity contribution in [3.8, 4) is 5.75 Å². The van der Waals surface area contributed by atoms with Crippen molar-refractivity contribution in [2.24, 2.45) is 0 Å². The molecule has 0 amide bonds. The largest absolute Gasteiger partial charge is 0.496 e. The van der Waals surface area contributed by atoms with Crippen LogP contribution in [0.15, 0.2) is 24.3 Å². The van der Waals surface area contributed by atoms with Gasteiger partial charge in [-0.05, 0) is 12.1 Å². The molecule has 0 aromatic heterocycles. The highest BCUT2D eigenvalue weighted by atomic mass is 35.5. The molecule has 1 atom stereocenters. The molecule has 0 saturated heterocycles. The van der Waals surface area contributed by atoms with Crippen LogP contribution in [0, 0.1) is 0 Å². The predicted octanol–water partition coefficient (Wildman–Crippen LogP) is 2.05. The van der Waals surface area contributed by atoms with Gasteiger partial charge in [-0.25, -0.2) is 0 Å². The number of esters is 1. The molecular weight excluding hydrogens is 244 g/mol. The highest BCUT2D eigenvalue weighted by Gasteiger charge is 2.23. The van der Waals surface area contributed by atoms with Crippen LogP contribution in [0.5, 0.6) is 5.75 Å². The van der Waals surface area contributed by atoms with Crippen LogP contribution < -0.4 is 4.74 Å². The zero-order valence-corrected chi connectivity index (χ0v) is 10.4. The van der Waals surface area contributed by atoms with Gasteiger partial charge >= 0.3 is 5.97 Å². The predicted molar refractivity (Wildman–Crippen MR) is 63.6 cm³/mol. The number of ether oxygens (including phenoxy) is 2. The van der Waals surface area contributed by atoms with Crippen molar-refractivity contribution in [1.82, 2.24) is 0 Å². The summed E-state index contributed by atoms with van der Waals surface area (Å²) in [7, 11) is 2.72. The molecule has 17 heavy (non-hydrogen) atoms. The maximum absolute atomic E-state index is 12.0. The Morgan fingerprint density at radius 1 is 1.29 bits per heavy atom. The van der Waals surface area contributed by atoms with Gasteiger partial charge < -0.3 is 9.47 Å². The number of ketones is 1. The molecule has 0 spiro atoms. The monoisotopic (exact) mass is 256 g/mol. The molecule has 0 saturated carbocycles. The highest BCUT2D eigenvalue weighted by Crippen LogP contribution is 2.21. The molecule has 0 N–H and O–H groups in total. The number of methoxy groups -OCH3 is 2. The molecule has 0 radical (unpaired) electrons. The lowest BCUT2D eigenvalue weighted by atomic mass is 10.1. The minimum absolute atomic E-state index is 0.158. The molecule has 0 aliphatic carbocycles. The first-order valence-electron chi connectivity index (χ1n) is 4.98. The number of para-hydroxylation sites is 1. The summed E-state index contributed by atoms with van der Waals surface area (Å²) in [5, 5.41) is -0.946. The van der Waals surface area contributed by atoms with Gasteiger partial charge in [-0.1, -0.05) is 12.1 Å². The third-order valence-electron chi connectivity index (χ3n) is 2.23. The second kappa shape index (κ2) is 6.25. The fourth-order valence-electron chi connectivity index (χ4n) is 1.34. The topological polar surface area (TPSA) is 52.6 Å². The maximum Gasteiger partial charge on any atom is 0.307 e.